The SMILES string of the molecule is O=C(Nc1cc2c(cc1Cl)OCCCO2)[C@@H]1Cc2ccccc2O1. The summed E-state index contributed by atoms with van der Waals surface area (Å²) in [6.07, 6.45) is 0.793. The second kappa shape index (κ2) is 6.24. The summed E-state index contributed by atoms with van der Waals surface area (Å²) in [5.41, 5.74) is 1.52. The summed E-state index contributed by atoms with van der Waals surface area (Å²) in [5, 5.41) is 3.23. The van der Waals surface area contributed by atoms with Crippen LogP contribution in [0.1, 0.15) is 12.0 Å². The largest absolute Gasteiger partial charge is 0.490 e. The van der Waals surface area contributed by atoms with Crippen LogP contribution < -0.4 is 19.5 Å². The molecule has 5 nitrogen and oxygen atoms in total. The predicted molar refractivity (Wildman–Crippen MR) is 90.3 cm³/mol. The highest BCUT2D eigenvalue weighted by atomic mass is 35.5. The summed E-state index contributed by atoms with van der Waals surface area (Å²) >= 11 is 6.26. The van der Waals surface area contributed by atoms with Crippen LogP contribution in [0, 0.1) is 0 Å². The number of fused-ring (bicyclic) bond motifs is 2. The van der Waals surface area contributed by atoms with Gasteiger partial charge in [0.25, 0.3) is 5.91 Å². The molecular formula is C18H16ClNO4. The molecule has 0 aliphatic carbocycles. The molecule has 0 bridgehead atoms. The molecule has 4 rings (SSSR count). The fourth-order valence-electron chi connectivity index (χ4n) is 2.82. The lowest BCUT2D eigenvalue weighted by atomic mass is 10.1. The Labute approximate surface area is 144 Å². The molecule has 0 spiro atoms. The van der Waals surface area contributed by atoms with E-state index in [9.17, 15) is 4.79 Å². The number of rotatable bonds is 2. The van der Waals surface area contributed by atoms with Gasteiger partial charge in [0.05, 0.1) is 23.9 Å². The van der Waals surface area contributed by atoms with E-state index in [1.165, 1.54) is 0 Å². The second-order valence-corrected chi connectivity index (χ2v) is 6.14. The van der Waals surface area contributed by atoms with Gasteiger partial charge in [-0.05, 0) is 11.6 Å². The molecule has 0 saturated carbocycles. The molecule has 0 fully saturated rings. The third-order valence-corrected chi connectivity index (χ3v) is 4.35. The van der Waals surface area contributed by atoms with Crippen molar-refractivity contribution < 1.29 is 19.0 Å². The van der Waals surface area contributed by atoms with Crippen LogP contribution in [0.5, 0.6) is 17.2 Å². The molecule has 124 valence electrons. The number of anilines is 1. The molecule has 1 N–H and O–H groups in total. The summed E-state index contributed by atoms with van der Waals surface area (Å²) in [5.74, 6) is 1.70. The first-order valence-corrected chi connectivity index (χ1v) is 8.23. The van der Waals surface area contributed by atoms with Gasteiger partial charge in [0.1, 0.15) is 5.75 Å². The normalized spacial score (nSPS) is 18.3. The van der Waals surface area contributed by atoms with Crippen LogP contribution >= 0.6 is 11.6 Å². The Kier molecular flexibility index (Phi) is 3.94. The van der Waals surface area contributed by atoms with Crippen LogP contribution in [0.25, 0.3) is 0 Å². The van der Waals surface area contributed by atoms with E-state index in [2.05, 4.69) is 5.32 Å². The lowest BCUT2D eigenvalue weighted by molar-refractivity contribution is -0.122. The zero-order valence-electron chi connectivity index (χ0n) is 12.9. The van der Waals surface area contributed by atoms with Crippen molar-refractivity contribution in [2.45, 2.75) is 18.9 Å². The molecule has 0 unspecified atom stereocenters. The second-order valence-electron chi connectivity index (χ2n) is 5.74. The molecule has 1 atom stereocenters. The van der Waals surface area contributed by atoms with Crippen LogP contribution in [-0.2, 0) is 11.2 Å². The average molecular weight is 346 g/mol. The van der Waals surface area contributed by atoms with Gasteiger partial charge in [0.15, 0.2) is 17.6 Å². The minimum absolute atomic E-state index is 0.234. The van der Waals surface area contributed by atoms with Gasteiger partial charge >= 0.3 is 0 Å². The number of para-hydroxylation sites is 1. The highest BCUT2D eigenvalue weighted by molar-refractivity contribution is 6.34. The monoisotopic (exact) mass is 345 g/mol. The number of ether oxygens (including phenoxy) is 3. The van der Waals surface area contributed by atoms with Crippen molar-refractivity contribution in [3.05, 3.63) is 47.0 Å². The molecule has 0 saturated heterocycles. The van der Waals surface area contributed by atoms with Crippen LogP contribution in [0.3, 0.4) is 0 Å². The molecule has 2 aliphatic heterocycles. The van der Waals surface area contributed by atoms with Gasteiger partial charge in [-0.25, -0.2) is 0 Å². The molecule has 2 aromatic carbocycles. The maximum absolute atomic E-state index is 12.5. The highest BCUT2D eigenvalue weighted by Crippen LogP contribution is 2.38. The van der Waals surface area contributed by atoms with Crippen molar-refractivity contribution in [3.63, 3.8) is 0 Å². The van der Waals surface area contributed by atoms with Crippen LogP contribution in [-0.4, -0.2) is 25.2 Å². The molecule has 24 heavy (non-hydrogen) atoms. The standard InChI is InChI=1S/C18H16ClNO4/c19-12-9-15-16(23-7-3-6-22-15)10-13(12)20-18(21)17-8-11-4-1-2-5-14(11)24-17/h1-2,4-5,9-10,17H,3,6-8H2,(H,20,21)/t17-/m0/s1. The Morgan fingerprint density at radius 3 is 2.62 bits per heavy atom. The summed E-state index contributed by atoms with van der Waals surface area (Å²) in [4.78, 5) is 12.5. The van der Waals surface area contributed by atoms with Gasteiger partial charge in [-0.1, -0.05) is 29.8 Å². The van der Waals surface area contributed by atoms with E-state index in [-0.39, 0.29) is 5.91 Å². The maximum Gasteiger partial charge on any atom is 0.265 e. The van der Waals surface area contributed by atoms with Crippen molar-refractivity contribution in [3.8, 4) is 17.2 Å². The van der Waals surface area contributed by atoms with E-state index >= 15 is 0 Å². The van der Waals surface area contributed by atoms with Gasteiger partial charge in [-0.2, -0.15) is 0 Å². The summed E-state index contributed by atoms with van der Waals surface area (Å²) in [6.45, 7) is 1.16. The van der Waals surface area contributed by atoms with E-state index in [1.807, 2.05) is 24.3 Å². The lowest BCUT2D eigenvalue weighted by Gasteiger charge is -2.15. The van der Waals surface area contributed by atoms with E-state index in [4.69, 9.17) is 25.8 Å². The lowest BCUT2D eigenvalue weighted by Crippen LogP contribution is -2.31. The van der Waals surface area contributed by atoms with Gasteiger partial charge in [0.2, 0.25) is 0 Å². The van der Waals surface area contributed by atoms with E-state index in [1.54, 1.807) is 12.1 Å². The van der Waals surface area contributed by atoms with Crippen molar-refractivity contribution >= 4 is 23.2 Å². The third kappa shape index (κ3) is 2.87. The predicted octanol–water partition coefficient (Wildman–Crippen LogP) is 3.44. The van der Waals surface area contributed by atoms with Crippen LogP contribution in [0.2, 0.25) is 5.02 Å². The zero-order valence-corrected chi connectivity index (χ0v) is 13.6. The summed E-state index contributed by atoms with van der Waals surface area (Å²) in [6, 6.07) is 11.0. The maximum atomic E-state index is 12.5. The number of benzene rings is 2. The number of halogens is 1. The summed E-state index contributed by atoms with van der Waals surface area (Å²) in [7, 11) is 0. The molecular weight excluding hydrogens is 330 g/mol. The highest BCUT2D eigenvalue weighted by Gasteiger charge is 2.29. The quantitative estimate of drug-likeness (QED) is 0.905. The minimum Gasteiger partial charge on any atom is -0.490 e. The van der Waals surface area contributed by atoms with Gasteiger partial charge in [-0.3, -0.25) is 4.79 Å². The number of amides is 1. The van der Waals surface area contributed by atoms with Gasteiger partial charge < -0.3 is 19.5 Å². The molecule has 0 radical (unpaired) electrons. The summed E-state index contributed by atoms with van der Waals surface area (Å²) < 4.78 is 16.9. The van der Waals surface area contributed by atoms with Crippen LogP contribution in [0.4, 0.5) is 5.69 Å². The smallest absolute Gasteiger partial charge is 0.265 e. The van der Waals surface area contributed by atoms with E-state index in [0.717, 1.165) is 17.7 Å². The van der Waals surface area contributed by atoms with Gasteiger partial charge in [0, 0.05) is 25.0 Å². The fraction of sp³-hybridized carbons (Fsp3) is 0.278. The van der Waals surface area contributed by atoms with Crippen molar-refractivity contribution in [2.24, 2.45) is 0 Å². The van der Waals surface area contributed by atoms with Crippen LogP contribution in [0.15, 0.2) is 36.4 Å². The van der Waals surface area contributed by atoms with Crippen molar-refractivity contribution in [1.29, 1.82) is 0 Å². The van der Waals surface area contributed by atoms with Crippen molar-refractivity contribution in [1.82, 2.24) is 0 Å². The number of carbonyl (C=O) groups is 1. The Morgan fingerprint density at radius 1 is 1.08 bits per heavy atom. The molecule has 0 aromatic heterocycles. The molecule has 2 aliphatic rings. The first kappa shape index (κ1) is 15.1. The topological polar surface area (TPSA) is 56.8 Å². The van der Waals surface area contributed by atoms with Gasteiger partial charge in [-0.15, -0.1) is 0 Å². The third-order valence-electron chi connectivity index (χ3n) is 4.03. The zero-order chi connectivity index (χ0) is 16.5. The molecule has 6 heteroatoms. The van der Waals surface area contributed by atoms with E-state index in [0.29, 0.717) is 41.8 Å². The number of hydrogen-bond donors (Lipinski definition) is 1. The first-order chi connectivity index (χ1) is 11.7. The Bertz CT molecular complexity index is 768. The number of hydrogen-bond acceptors (Lipinski definition) is 4. The molecule has 2 aromatic rings. The fourth-order valence-corrected chi connectivity index (χ4v) is 3.02. The first-order valence-electron chi connectivity index (χ1n) is 7.85. The Hall–Kier alpha value is -2.40. The Balaban J connectivity index is 1.51. The molecule has 1 amide bonds. The number of nitrogens with one attached hydrogen (secondary N) is 1. The van der Waals surface area contributed by atoms with E-state index < -0.39 is 6.10 Å². The Morgan fingerprint density at radius 2 is 1.83 bits per heavy atom. The molecule has 2 heterocycles. The van der Waals surface area contributed by atoms with Crippen molar-refractivity contribution in [2.75, 3.05) is 18.5 Å². The average Bonchev–Trinajstić information content (AvgIpc) is 2.89. The number of carbonyl (C=O) groups excluding carboxylic acids is 1. The minimum atomic E-state index is -0.561.